The number of carbonyl (C=O) groups excluding carboxylic acids is 5. The quantitative estimate of drug-likeness (QED) is 0.0413. The van der Waals surface area contributed by atoms with Gasteiger partial charge in [0.2, 0.25) is 0 Å². The molecule has 0 amide bonds. The molecule has 0 aliphatic rings. The fourth-order valence-electron chi connectivity index (χ4n) is 2.39. The zero-order valence-corrected chi connectivity index (χ0v) is 28.0. The number of esters is 5. The summed E-state index contributed by atoms with van der Waals surface area (Å²) >= 11 is 0. The Bertz CT molecular complexity index is 996. The van der Waals surface area contributed by atoms with Gasteiger partial charge in [0.05, 0.1) is 19.8 Å². The van der Waals surface area contributed by atoms with Crippen molar-refractivity contribution in [2.24, 2.45) is 0 Å². The van der Waals surface area contributed by atoms with Crippen LogP contribution in [-0.4, -0.2) is 96.0 Å². The van der Waals surface area contributed by atoms with E-state index in [0.717, 1.165) is 31.1 Å². The minimum Gasteiger partial charge on any atom is -0.462 e. The summed E-state index contributed by atoms with van der Waals surface area (Å²) in [5, 5.41) is 0. The normalized spacial score (nSPS) is 10.6. The SMILES string of the molecule is C=C(C)C(=O)OCCOC(=O)CCCCCO[P+](C)=O.C=CC(=O)OCCOP(=O)(OCCOC(=O)C=C)OCCOC(=O)C=C. The predicted octanol–water partition coefficient (Wildman–Crippen LogP) is 3.93. The predicted molar refractivity (Wildman–Crippen MR) is 164 cm³/mol. The maximum atomic E-state index is 12.4. The van der Waals surface area contributed by atoms with Crippen LogP contribution < -0.4 is 0 Å². The van der Waals surface area contributed by atoms with Gasteiger partial charge in [-0.15, -0.1) is 4.52 Å². The van der Waals surface area contributed by atoms with E-state index in [0.29, 0.717) is 25.0 Å². The molecule has 1 unspecified atom stereocenters. The minimum atomic E-state index is -4.08. The molecule has 16 nitrogen and oxygen atoms in total. The number of hydrogen-bond donors (Lipinski definition) is 0. The van der Waals surface area contributed by atoms with E-state index >= 15 is 0 Å². The lowest BCUT2D eigenvalue weighted by Gasteiger charge is -2.18. The van der Waals surface area contributed by atoms with Crippen LogP contribution in [0.3, 0.4) is 0 Å². The van der Waals surface area contributed by atoms with Crippen LogP contribution in [0.1, 0.15) is 32.6 Å². The average molecular weight is 698 g/mol. The lowest BCUT2D eigenvalue weighted by atomic mass is 10.2. The van der Waals surface area contributed by atoms with Crippen molar-refractivity contribution in [1.29, 1.82) is 0 Å². The Morgan fingerprint density at radius 1 is 0.630 bits per heavy atom. The number of carbonyl (C=O) groups is 5. The molecule has 46 heavy (non-hydrogen) atoms. The number of hydrogen-bond acceptors (Lipinski definition) is 16. The molecule has 0 aromatic heterocycles. The highest BCUT2D eigenvalue weighted by Crippen LogP contribution is 2.49. The smallest absolute Gasteiger partial charge is 0.462 e. The van der Waals surface area contributed by atoms with Crippen molar-refractivity contribution in [1.82, 2.24) is 0 Å². The fourth-order valence-corrected chi connectivity index (χ4v) is 3.89. The van der Waals surface area contributed by atoms with Crippen molar-refractivity contribution in [2.75, 3.05) is 66.1 Å². The molecule has 0 radical (unpaired) electrons. The Hall–Kier alpha value is -3.52. The molecule has 0 spiro atoms. The summed E-state index contributed by atoms with van der Waals surface area (Å²) in [6.45, 7) is 15.1. The topological polar surface area (TPSA) is 203 Å². The van der Waals surface area contributed by atoms with E-state index in [9.17, 15) is 33.1 Å². The third-order valence-electron chi connectivity index (χ3n) is 4.46. The maximum Gasteiger partial charge on any atom is 0.504 e. The highest BCUT2D eigenvalue weighted by atomic mass is 31.2. The average Bonchev–Trinajstić information content (AvgIpc) is 3.03. The molecular formula is C28H43O16P2+. The van der Waals surface area contributed by atoms with E-state index in [1.54, 1.807) is 6.92 Å². The summed E-state index contributed by atoms with van der Waals surface area (Å²) in [5.41, 5.74) is 0.312. The van der Waals surface area contributed by atoms with E-state index in [4.69, 9.17) is 27.6 Å². The largest absolute Gasteiger partial charge is 0.504 e. The highest BCUT2D eigenvalue weighted by Gasteiger charge is 2.27. The first-order valence-electron chi connectivity index (χ1n) is 13.7. The first kappa shape index (κ1) is 44.6. The molecule has 0 aromatic rings. The molecule has 0 N–H and O–H groups in total. The molecule has 18 heteroatoms. The van der Waals surface area contributed by atoms with Crippen LogP contribution in [0.4, 0.5) is 0 Å². The lowest BCUT2D eigenvalue weighted by Crippen LogP contribution is -2.14. The van der Waals surface area contributed by atoms with Gasteiger partial charge in [0.1, 0.15) is 39.6 Å². The van der Waals surface area contributed by atoms with Gasteiger partial charge in [-0.2, -0.15) is 0 Å². The molecule has 0 aliphatic carbocycles. The van der Waals surface area contributed by atoms with Crippen LogP contribution in [0.5, 0.6) is 0 Å². The minimum absolute atomic E-state index is 0.0365. The molecule has 0 aromatic carbocycles. The Labute approximate surface area is 269 Å². The van der Waals surface area contributed by atoms with E-state index in [1.807, 2.05) is 0 Å². The first-order chi connectivity index (χ1) is 21.8. The van der Waals surface area contributed by atoms with Gasteiger partial charge in [-0.3, -0.25) is 18.4 Å². The van der Waals surface area contributed by atoms with E-state index < -0.39 is 39.7 Å². The summed E-state index contributed by atoms with van der Waals surface area (Å²) < 4.78 is 66.5. The van der Waals surface area contributed by atoms with Crippen molar-refractivity contribution in [2.45, 2.75) is 32.6 Å². The van der Waals surface area contributed by atoms with Gasteiger partial charge in [-0.1, -0.05) is 32.7 Å². The van der Waals surface area contributed by atoms with E-state index in [1.165, 1.54) is 6.66 Å². The molecule has 0 bridgehead atoms. The molecule has 1 atom stereocenters. The van der Waals surface area contributed by atoms with Gasteiger partial charge >= 0.3 is 45.7 Å². The van der Waals surface area contributed by atoms with Gasteiger partial charge in [-0.25, -0.2) is 23.7 Å². The van der Waals surface area contributed by atoms with Crippen LogP contribution in [0.25, 0.3) is 0 Å². The summed E-state index contributed by atoms with van der Waals surface area (Å²) in [6.07, 6.45) is 5.43. The molecule has 0 aliphatic heterocycles. The van der Waals surface area contributed by atoms with Gasteiger partial charge in [-0.05, 0) is 24.3 Å². The summed E-state index contributed by atoms with van der Waals surface area (Å²) in [4.78, 5) is 55.0. The standard InChI is InChI=1S/C15H21O10P.C13H22O6P/c1-4-13(16)20-7-10-23-26(19,24-11-8-21-14(17)5-2)25-12-9-22-15(18)6-3;1-11(2)13(15)18-10-9-17-12(14)7-5-4-6-8-19-20(3)16/h4-6H,1-3,7-12H2;1,4-10H2,2-3H3/q;+1. The maximum absolute atomic E-state index is 12.4. The monoisotopic (exact) mass is 697 g/mol. The van der Waals surface area contributed by atoms with Crippen molar-refractivity contribution < 1.29 is 74.9 Å². The van der Waals surface area contributed by atoms with Crippen molar-refractivity contribution in [3.8, 4) is 0 Å². The second-order valence-corrected chi connectivity index (χ2v) is 11.1. The summed E-state index contributed by atoms with van der Waals surface area (Å²) in [6, 6.07) is 0. The van der Waals surface area contributed by atoms with Crippen molar-refractivity contribution >= 4 is 45.7 Å². The second-order valence-electron chi connectivity index (χ2n) is 8.28. The highest BCUT2D eigenvalue weighted by molar-refractivity contribution is 7.48. The number of phosphoric acid groups is 1. The zero-order valence-electron chi connectivity index (χ0n) is 26.2. The molecule has 0 saturated carbocycles. The van der Waals surface area contributed by atoms with Crippen LogP contribution in [0.2, 0.25) is 0 Å². The Morgan fingerprint density at radius 3 is 1.43 bits per heavy atom. The number of unbranched alkanes of at least 4 members (excludes halogenated alkanes) is 2. The van der Waals surface area contributed by atoms with Gasteiger partial charge in [0, 0.05) is 30.2 Å². The van der Waals surface area contributed by atoms with Crippen molar-refractivity contribution in [3.05, 3.63) is 50.1 Å². The van der Waals surface area contributed by atoms with Crippen molar-refractivity contribution in [3.63, 3.8) is 0 Å². The van der Waals surface area contributed by atoms with Crippen LogP contribution in [0.15, 0.2) is 50.1 Å². The molecule has 0 saturated heterocycles. The fraction of sp³-hybridized carbons (Fsp3) is 0.536. The zero-order chi connectivity index (χ0) is 35.2. The Kier molecular flexibility index (Phi) is 28.0. The third-order valence-corrected chi connectivity index (χ3v) is 6.50. The van der Waals surface area contributed by atoms with Gasteiger partial charge in [0.25, 0.3) is 0 Å². The third kappa shape index (κ3) is 29.2. The van der Waals surface area contributed by atoms with Crippen LogP contribution in [0, 0.1) is 0 Å². The molecule has 260 valence electrons. The number of phosphoric ester groups is 1. The number of ether oxygens (including phenoxy) is 5. The second kappa shape index (κ2) is 28.9. The summed E-state index contributed by atoms with van der Waals surface area (Å²) in [5.74, 6) is -2.86. The molecule has 0 rings (SSSR count). The Morgan fingerprint density at radius 2 is 1.04 bits per heavy atom. The summed E-state index contributed by atoms with van der Waals surface area (Å²) in [7, 11) is -5.62. The molecular weight excluding hydrogens is 654 g/mol. The van der Waals surface area contributed by atoms with E-state index in [-0.39, 0.29) is 58.8 Å². The van der Waals surface area contributed by atoms with Crippen LogP contribution in [-0.2, 0) is 74.9 Å². The first-order valence-corrected chi connectivity index (χ1v) is 16.8. The van der Waals surface area contributed by atoms with Gasteiger partial charge in [0.15, 0.2) is 6.66 Å². The van der Waals surface area contributed by atoms with Gasteiger partial charge < -0.3 is 23.7 Å². The number of rotatable bonds is 26. The Balaban J connectivity index is 0. The lowest BCUT2D eigenvalue weighted by molar-refractivity contribution is -0.150. The molecule has 0 heterocycles. The van der Waals surface area contributed by atoms with Crippen LogP contribution >= 0.6 is 15.9 Å². The molecule has 0 fully saturated rings. The van der Waals surface area contributed by atoms with E-state index in [2.05, 4.69) is 40.5 Å².